The summed E-state index contributed by atoms with van der Waals surface area (Å²) >= 11 is 1.45. The zero-order valence-corrected chi connectivity index (χ0v) is 13.9. The number of thiophene rings is 1. The minimum atomic E-state index is -0.0745. The molecule has 21 heavy (non-hydrogen) atoms. The summed E-state index contributed by atoms with van der Waals surface area (Å²) in [5.41, 5.74) is 8.55. The van der Waals surface area contributed by atoms with E-state index in [2.05, 4.69) is 24.1 Å². The summed E-state index contributed by atoms with van der Waals surface area (Å²) in [4.78, 5) is 17.3. The third-order valence-corrected chi connectivity index (χ3v) is 4.62. The summed E-state index contributed by atoms with van der Waals surface area (Å²) in [6.45, 7) is 8.95. The SMILES string of the molecule is Cc1cc2sc(C(=O)NCCCC(C)C)c(N)c2c(C)n1. The molecule has 0 aliphatic heterocycles. The number of pyridine rings is 1. The van der Waals surface area contributed by atoms with Crippen LogP contribution in [0.2, 0.25) is 0 Å². The number of nitrogens with zero attached hydrogens (tertiary/aromatic N) is 1. The van der Waals surface area contributed by atoms with Gasteiger partial charge in [0.1, 0.15) is 4.88 Å². The first kappa shape index (κ1) is 15.8. The maximum atomic E-state index is 12.3. The van der Waals surface area contributed by atoms with Gasteiger partial charge in [-0.05, 0) is 38.7 Å². The lowest BCUT2D eigenvalue weighted by molar-refractivity contribution is 0.0957. The van der Waals surface area contributed by atoms with E-state index in [9.17, 15) is 4.79 Å². The van der Waals surface area contributed by atoms with Gasteiger partial charge in [-0.2, -0.15) is 0 Å². The summed E-state index contributed by atoms with van der Waals surface area (Å²) in [5, 5.41) is 3.88. The standard InChI is InChI=1S/C16H23N3OS/c1-9(2)6-5-7-18-16(20)15-14(17)13-11(4)19-10(3)8-12(13)21-15/h8-9H,5-7,17H2,1-4H3,(H,18,20). The third kappa shape index (κ3) is 3.53. The fraction of sp³-hybridized carbons (Fsp3) is 0.500. The van der Waals surface area contributed by atoms with Gasteiger partial charge in [-0.3, -0.25) is 9.78 Å². The van der Waals surface area contributed by atoms with E-state index in [1.807, 2.05) is 19.9 Å². The zero-order chi connectivity index (χ0) is 15.6. The predicted molar refractivity (Wildman–Crippen MR) is 89.9 cm³/mol. The van der Waals surface area contributed by atoms with E-state index in [0.29, 0.717) is 23.0 Å². The molecule has 114 valence electrons. The summed E-state index contributed by atoms with van der Waals surface area (Å²) in [6.07, 6.45) is 2.11. The van der Waals surface area contributed by atoms with Gasteiger partial charge in [0.2, 0.25) is 0 Å². The molecule has 2 rings (SSSR count). The average Bonchev–Trinajstić information content (AvgIpc) is 2.71. The summed E-state index contributed by atoms with van der Waals surface area (Å²) < 4.78 is 1.03. The molecule has 1 amide bonds. The van der Waals surface area contributed by atoms with E-state index in [-0.39, 0.29) is 5.91 Å². The molecule has 0 fully saturated rings. The molecule has 0 aliphatic carbocycles. The Balaban J connectivity index is 2.16. The molecular weight excluding hydrogens is 282 g/mol. The molecule has 0 aromatic carbocycles. The van der Waals surface area contributed by atoms with Crippen LogP contribution in [-0.2, 0) is 0 Å². The fourth-order valence-electron chi connectivity index (χ4n) is 2.44. The lowest BCUT2D eigenvalue weighted by atomic mass is 10.1. The number of carbonyl (C=O) groups excluding carboxylic acids is 1. The van der Waals surface area contributed by atoms with Gasteiger partial charge in [0.05, 0.1) is 5.69 Å². The fourth-order valence-corrected chi connectivity index (χ4v) is 3.63. The van der Waals surface area contributed by atoms with Crippen LogP contribution in [-0.4, -0.2) is 17.4 Å². The molecule has 2 aromatic heterocycles. The van der Waals surface area contributed by atoms with Crippen molar-refractivity contribution in [2.75, 3.05) is 12.3 Å². The Kier molecular flexibility index (Phi) is 4.83. The maximum Gasteiger partial charge on any atom is 0.263 e. The van der Waals surface area contributed by atoms with Gasteiger partial charge in [-0.1, -0.05) is 13.8 Å². The van der Waals surface area contributed by atoms with E-state index in [1.165, 1.54) is 11.3 Å². The molecule has 0 saturated carbocycles. The Morgan fingerprint density at radius 1 is 1.43 bits per heavy atom. The number of nitrogens with two attached hydrogens (primary N) is 1. The highest BCUT2D eigenvalue weighted by molar-refractivity contribution is 7.21. The second kappa shape index (κ2) is 6.43. The highest BCUT2D eigenvalue weighted by atomic mass is 32.1. The number of aromatic nitrogens is 1. The van der Waals surface area contributed by atoms with E-state index in [1.54, 1.807) is 0 Å². The highest BCUT2D eigenvalue weighted by Crippen LogP contribution is 2.35. The molecule has 4 nitrogen and oxygen atoms in total. The molecule has 0 unspecified atom stereocenters. The van der Waals surface area contributed by atoms with Crippen molar-refractivity contribution in [3.05, 3.63) is 22.3 Å². The van der Waals surface area contributed by atoms with E-state index < -0.39 is 0 Å². The van der Waals surface area contributed by atoms with Gasteiger partial charge in [-0.15, -0.1) is 11.3 Å². The second-order valence-corrected chi connectivity index (χ2v) is 6.91. The molecule has 3 N–H and O–H groups in total. The van der Waals surface area contributed by atoms with E-state index in [0.717, 1.165) is 34.3 Å². The monoisotopic (exact) mass is 305 g/mol. The molecule has 0 radical (unpaired) electrons. The van der Waals surface area contributed by atoms with E-state index in [4.69, 9.17) is 5.73 Å². The Bertz CT molecular complexity index is 661. The predicted octanol–water partition coefficient (Wildman–Crippen LogP) is 3.66. The first-order chi connectivity index (χ1) is 9.90. The normalized spacial score (nSPS) is 11.3. The number of carbonyl (C=O) groups is 1. The maximum absolute atomic E-state index is 12.3. The van der Waals surface area contributed by atoms with Crippen LogP contribution in [0, 0.1) is 19.8 Å². The first-order valence-electron chi connectivity index (χ1n) is 7.34. The number of fused-ring (bicyclic) bond motifs is 1. The van der Waals surface area contributed by atoms with Crippen molar-refractivity contribution >= 4 is 33.0 Å². The number of amides is 1. The Morgan fingerprint density at radius 3 is 2.81 bits per heavy atom. The molecule has 0 bridgehead atoms. The van der Waals surface area contributed by atoms with Gasteiger partial charge in [0.15, 0.2) is 0 Å². The topological polar surface area (TPSA) is 68.0 Å². The molecule has 5 heteroatoms. The van der Waals surface area contributed by atoms with Crippen molar-refractivity contribution < 1.29 is 4.79 Å². The smallest absolute Gasteiger partial charge is 0.263 e. The minimum Gasteiger partial charge on any atom is -0.397 e. The average molecular weight is 305 g/mol. The summed E-state index contributed by atoms with van der Waals surface area (Å²) in [6, 6.07) is 1.99. The Hall–Kier alpha value is -1.62. The second-order valence-electron chi connectivity index (χ2n) is 5.86. The van der Waals surface area contributed by atoms with Gasteiger partial charge in [0.25, 0.3) is 5.91 Å². The lowest BCUT2D eigenvalue weighted by Gasteiger charge is -2.06. The van der Waals surface area contributed by atoms with Crippen LogP contribution < -0.4 is 11.1 Å². The summed E-state index contributed by atoms with van der Waals surface area (Å²) in [5.74, 6) is 0.586. The van der Waals surface area contributed by atoms with Crippen LogP contribution in [0.3, 0.4) is 0 Å². The molecule has 2 heterocycles. The van der Waals surface area contributed by atoms with Crippen LogP contribution >= 0.6 is 11.3 Å². The van der Waals surface area contributed by atoms with Gasteiger partial charge in [0, 0.05) is 28.0 Å². The van der Waals surface area contributed by atoms with Crippen LogP contribution in [0.5, 0.6) is 0 Å². The molecule has 0 spiro atoms. The first-order valence-corrected chi connectivity index (χ1v) is 8.16. The van der Waals surface area contributed by atoms with E-state index >= 15 is 0 Å². The number of anilines is 1. The Labute approximate surface area is 129 Å². The minimum absolute atomic E-state index is 0.0745. The zero-order valence-electron chi connectivity index (χ0n) is 13.1. The Morgan fingerprint density at radius 2 is 2.14 bits per heavy atom. The number of hydrogen-bond acceptors (Lipinski definition) is 4. The van der Waals surface area contributed by atoms with Crippen molar-refractivity contribution in [3.63, 3.8) is 0 Å². The number of rotatable bonds is 5. The van der Waals surface area contributed by atoms with Crippen LogP contribution in [0.4, 0.5) is 5.69 Å². The van der Waals surface area contributed by atoms with Crippen LogP contribution in [0.15, 0.2) is 6.07 Å². The third-order valence-electron chi connectivity index (χ3n) is 3.47. The van der Waals surface area contributed by atoms with Crippen molar-refractivity contribution in [2.45, 2.75) is 40.5 Å². The van der Waals surface area contributed by atoms with Crippen molar-refractivity contribution in [1.82, 2.24) is 10.3 Å². The number of hydrogen-bond donors (Lipinski definition) is 2. The lowest BCUT2D eigenvalue weighted by Crippen LogP contribution is -2.24. The quantitative estimate of drug-likeness (QED) is 0.828. The number of aryl methyl sites for hydroxylation is 2. The molecule has 0 atom stereocenters. The molecule has 0 saturated heterocycles. The van der Waals surface area contributed by atoms with Gasteiger partial charge < -0.3 is 11.1 Å². The highest BCUT2D eigenvalue weighted by Gasteiger charge is 2.18. The van der Waals surface area contributed by atoms with Crippen LogP contribution in [0.1, 0.15) is 47.7 Å². The van der Waals surface area contributed by atoms with Gasteiger partial charge in [-0.25, -0.2) is 0 Å². The number of nitrogens with one attached hydrogen (secondary N) is 1. The van der Waals surface area contributed by atoms with Crippen molar-refractivity contribution in [3.8, 4) is 0 Å². The molecule has 0 aliphatic rings. The van der Waals surface area contributed by atoms with Crippen LogP contribution in [0.25, 0.3) is 10.1 Å². The largest absolute Gasteiger partial charge is 0.397 e. The molecule has 2 aromatic rings. The van der Waals surface area contributed by atoms with Crippen molar-refractivity contribution in [2.24, 2.45) is 5.92 Å². The van der Waals surface area contributed by atoms with Gasteiger partial charge >= 0.3 is 0 Å². The molecular formula is C16H23N3OS. The number of nitrogen functional groups attached to an aromatic ring is 1. The summed E-state index contributed by atoms with van der Waals surface area (Å²) in [7, 11) is 0. The van der Waals surface area contributed by atoms with Crippen molar-refractivity contribution in [1.29, 1.82) is 0 Å².